The molecule has 0 heterocycles. The Bertz CT molecular complexity index is 139. The van der Waals surface area contributed by atoms with Crippen LogP contribution in [0.3, 0.4) is 0 Å². The molecule has 0 aromatic heterocycles. The van der Waals surface area contributed by atoms with E-state index in [2.05, 4.69) is 20.6 Å². The molecule has 85 valence electrons. The summed E-state index contributed by atoms with van der Waals surface area (Å²) >= 11 is 0. The molecule has 0 unspecified atom stereocenters. The van der Waals surface area contributed by atoms with E-state index < -0.39 is 0 Å². The van der Waals surface area contributed by atoms with E-state index in [1.807, 2.05) is 50.3 Å². The molecule has 0 aromatic carbocycles. The minimum Gasteiger partial charge on any atom is -0.545 e. The second-order valence-corrected chi connectivity index (χ2v) is 1.91. The summed E-state index contributed by atoms with van der Waals surface area (Å²) in [6.07, 6.45) is 15.1. The molecule has 0 spiro atoms. The summed E-state index contributed by atoms with van der Waals surface area (Å²) < 4.78 is 0. The second-order valence-electron chi connectivity index (χ2n) is 1.91. The summed E-state index contributed by atoms with van der Waals surface area (Å²) in [4.78, 5) is 7.75. The van der Waals surface area contributed by atoms with E-state index in [9.17, 15) is 0 Å². The van der Waals surface area contributed by atoms with Crippen molar-refractivity contribution in [3.63, 3.8) is 0 Å². The van der Waals surface area contributed by atoms with Gasteiger partial charge in [-0.25, -0.2) is 38.2 Å². The first-order valence-corrected chi connectivity index (χ1v) is 4.21. The van der Waals surface area contributed by atoms with Gasteiger partial charge in [-0.1, -0.05) is 0 Å². The fourth-order valence-corrected chi connectivity index (χ4v) is 0.379. The maximum Gasteiger partial charge on any atom is 3.00 e. The van der Waals surface area contributed by atoms with Crippen molar-refractivity contribution in [2.24, 2.45) is 0 Å². The van der Waals surface area contributed by atoms with Gasteiger partial charge >= 0.3 is 19.5 Å². The third kappa shape index (κ3) is 63.0. The van der Waals surface area contributed by atoms with Gasteiger partial charge in [-0.05, 0) is 13.8 Å². The fourth-order valence-electron chi connectivity index (χ4n) is 0.379. The van der Waals surface area contributed by atoms with E-state index in [0.29, 0.717) is 0 Å². The zero-order valence-electron chi connectivity index (χ0n) is 9.37. The molecule has 0 aliphatic rings. The fraction of sp³-hybridized carbons (Fsp3) is 0.154. The van der Waals surface area contributed by atoms with Gasteiger partial charge in [0.1, 0.15) is 0 Å². The van der Waals surface area contributed by atoms with Crippen LogP contribution in [0.15, 0.2) is 48.6 Å². The maximum absolute atomic E-state index is 7.75. The zero-order valence-corrected chi connectivity index (χ0v) is 11.1. The molecule has 0 atom stereocenters. The summed E-state index contributed by atoms with van der Waals surface area (Å²) in [6.45, 7) is 14.2. The van der Waals surface area contributed by atoms with Gasteiger partial charge in [0.2, 0.25) is 0 Å². The van der Waals surface area contributed by atoms with Crippen LogP contribution in [0, 0.1) is 13.8 Å². The van der Waals surface area contributed by atoms with Crippen molar-refractivity contribution in [1.29, 1.82) is 0 Å². The summed E-state index contributed by atoms with van der Waals surface area (Å²) in [7, 11) is 0. The Morgan fingerprint density at radius 3 is 1.13 bits per heavy atom. The number of carbonyl (C=O) groups excluding carboxylic acids is 1. The molecule has 0 bridgehead atoms. The van der Waals surface area contributed by atoms with Gasteiger partial charge in [0.05, 0.1) is 0 Å². The predicted molar refractivity (Wildman–Crippen MR) is 65.4 cm³/mol. The van der Waals surface area contributed by atoms with Gasteiger partial charge in [0.25, 0.3) is 0 Å². The summed E-state index contributed by atoms with van der Waals surface area (Å²) in [6, 6.07) is 0. The van der Waals surface area contributed by atoms with E-state index in [-0.39, 0.29) is 19.5 Å². The van der Waals surface area contributed by atoms with Gasteiger partial charge in [-0.2, -0.15) is 0 Å². The Morgan fingerprint density at radius 1 is 0.800 bits per heavy atom. The molecule has 0 amide bonds. The molecule has 0 saturated carbocycles. The quantitative estimate of drug-likeness (QED) is 0.329. The minimum absolute atomic E-state index is 0. The van der Waals surface area contributed by atoms with Crippen LogP contribution in [0.4, 0.5) is 0 Å². The van der Waals surface area contributed by atoms with Gasteiger partial charge < -0.3 is 4.79 Å². The van der Waals surface area contributed by atoms with Crippen LogP contribution in [0.5, 0.6) is 0 Å². The van der Waals surface area contributed by atoms with E-state index in [1.165, 1.54) is 0 Å². The smallest absolute Gasteiger partial charge is 0.545 e. The molecule has 15 heavy (non-hydrogen) atoms. The molecule has 1 nitrogen and oxygen atoms in total. The monoisotopic (exact) mass is 293 g/mol. The molecule has 0 aromatic rings. The van der Waals surface area contributed by atoms with Crippen LogP contribution < -0.4 is 0 Å². The first kappa shape index (κ1) is 23.7. The maximum atomic E-state index is 7.75. The van der Waals surface area contributed by atoms with Crippen LogP contribution >= 0.6 is 0 Å². The van der Waals surface area contributed by atoms with Crippen molar-refractivity contribution >= 4 is 6.79 Å². The molecule has 0 N–H and O–H groups in total. The summed E-state index contributed by atoms with van der Waals surface area (Å²) in [5.41, 5.74) is 0. The van der Waals surface area contributed by atoms with E-state index in [4.69, 9.17) is 4.79 Å². The Labute approximate surface area is 107 Å². The van der Waals surface area contributed by atoms with Crippen LogP contribution in [0.25, 0.3) is 0 Å². The first-order chi connectivity index (χ1) is 6.83. The third-order valence-electron chi connectivity index (χ3n) is 0.879. The molecule has 0 aliphatic carbocycles. The average Bonchev–Trinajstić information content (AvgIpc) is 2.27. The van der Waals surface area contributed by atoms with E-state index >= 15 is 0 Å². The van der Waals surface area contributed by atoms with Crippen LogP contribution in [-0.2, 0) is 24.3 Å². The summed E-state index contributed by atoms with van der Waals surface area (Å²) in [5, 5.41) is 0. The molecule has 0 rings (SSSR count). The standard InChI is InChI=1S/2C6H9.CHO.Ru/c2*1-3-5-6-4-2;1-2;/h2*3-6H,1H2,2H3;1H;/q3*-1;+3. The minimum atomic E-state index is 0. The molecule has 2 heteroatoms. The van der Waals surface area contributed by atoms with Gasteiger partial charge in [0, 0.05) is 0 Å². The number of rotatable bonds is 2. The zero-order chi connectivity index (χ0) is 11.7. The van der Waals surface area contributed by atoms with E-state index in [1.54, 1.807) is 12.2 Å². The van der Waals surface area contributed by atoms with Gasteiger partial charge in [-0.15, -0.1) is 24.3 Å². The van der Waals surface area contributed by atoms with Crippen LogP contribution in [0.2, 0.25) is 0 Å². The Balaban J connectivity index is -0.0000000653. The largest absolute Gasteiger partial charge is 3.00 e. The van der Waals surface area contributed by atoms with Gasteiger partial charge in [0.15, 0.2) is 0 Å². The van der Waals surface area contributed by atoms with Crippen molar-refractivity contribution in [2.75, 3.05) is 0 Å². The first-order valence-electron chi connectivity index (χ1n) is 4.21. The van der Waals surface area contributed by atoms with Crippen molar-refractivity contribution in [2.45, 2.75) is 13.8 Å². The van der Waals surface area contributed by atoms with Crippen LogP contribution in [-0.4, -0.2) is 6.79 Å². The van der Waals surface area contributed by atoms with Crippen molar-refractivity contribution in [3.8, 4) is 0 Å². The number of hydrogen-bond acceptors (Lipinski definition) is 1. The molecule has 0 aliphatic heterocycles. The number of hydrogen-bond donors (Lipinski definition) is 0. The van der Waals surface area contributed by atoms with Crippen molar-refractivity contribution in [1.82, 2.24) is 0 Å². The van der Waals surface area contributed by atoms with Crippen LogP contribution in [0.1, 0.15) is 13.8 Å². The molecular weight excluding hydrogens is 273 g/mol. The normalized spacial score (nSPS) is 9.47. The van der Waals surface area contributed by atoms with Crippen molar-refractivity contribution < 1.29 is 24.3 Å². The molecular formula is C13H19ORu. The number of allylic oxidation sites excluding steroid dienone is 8. The Morgan fingerprint density at radius 2 is 1.07 bits per heavy atom. The second kappa shape index (κ2) is 38.2. The molecule has 0 saturated heterocycles. The Hall–Kier alpha value is -1.01. The van der Waals surface area contributed by atoms with Gasteiger partial charge in [-0.3, -0.25) is 6.79 Å². The third-order valence-corrected chi connectivity index (χ3v) is 0.879. The molecule has 1 radical (unpaired) electrons. The average molecular weight is 292 g/mol. The Kier molecular flexibility index (Phi) is 60.3. The van der Waals surface area contributed by atoms with E-state index in [0.717, 1.165) is 0 Å². The predicted octanol–water partition coefficient (Wildman–Crippen LogP) is 3.63. The van der Waals surface area contributed by atoms with Crippen molar-refractivity contribution in [3.05, 3.63) is 62.5 Å². The summed E-state index contributed by atoms with van der Waals surface area (Å²) in [5.74, 6) is 0. The topological polar surface area (TPSA) is 17.1 Å². The molecule has 0 fully saturated rings. The SMILES string of the molecule is [CH-]=O.[CH2-]C=CC=CC.[CH2-]C=CC=CC.[Ru+3].